The second kappa shape index (κ2) is 4.66. The van der Waals surface area contributed by atoms with Crippen molar-refractivity contribution in [2.75, 3.05) is 4.90 Å². The van der Waals surface area contributed by atoms with Crippen LogP contribution in [0.5, 0.6) is 0 Å². The molecule has 1 aromatic carbocycles. The second-order valence-electron chi connectivity index (χ2n) is 4.68. The van der Waals surface area contributed by atoms with Gasteiger partial charge in [-0.25, -0.2) is 18.5 Å². The van der Waals surface area contributed by atoms with E-state index in [-0.39, 0.29) is 0 Å². The molecule has 20 heavy (non-hydrogen) atoms. The summed E-state index contributed by atoms with van der Waals surface area (Å²) in [5, 5.41) is 8.81. The van der Waals surface area contributed by atoms with Gasteiger partial charge >= 0.3 is 5.97 Å². The molecule has 1 heterocycles. The minimum absolute atomic E-state index is 0.354. The summed E-state index contributed by atoms with van der Waals surface area (Å²) in [5.41, 5.74) is -1.33. The lowest BCUT2D eigenvalue weighted by atomic mass is 10.00. The zero-order chi connectivity index (χ0) is 15.2. The number of anilines is 1. The number of hydrogen-bond acceptors (Lipinski definition) is 3. The first-order valence-electron chi connectivity index (χ1n) is 5.85. The van der Waals surface area contributed by atoms with Gasteiger partial charge in [-0.05, 0) is 6.07 Å². The largest absolute Gasteiger partial charge is 0.478 e. The van der Waals surface area contributed by atoms with E-state index >= 15 is 0 Å². The van der Waals surface area contributed by atoms with Gasteiger partial charge < -0.3 is 5.11 Å². The number of imide groups is 1. The lowest BCUT2D eigenvalue weighted by Gasteiger charge is -2.16. The first kappa shape index (κ1) is 14.1. The quantitative estimate of drug-likeness (QED) is 0.840. The Morgan fingerprint density at radius 3 is 2.05 bits per heavy atom. The van der Waals surface area contributed by atoms with Crippen molar-refractivity contribution in [2.45, 2.75) is 13.8 Å². The maximum atomic E-state index is 13.8. The number of amides is 2. The summed E-state index contributed by atoms with van der Waals surface area (Å²) in [7, 11) is 0. The number of benzene rings is 1. The molecule has 0 spiro atoms. The number of carboxylic acids is 1. The van der Waals surface area contributed by atoms with Gasteiger partial charge in [0.05, 0.1) is 11.3 Å². The van der Waals surface area contributed by atoms with Crippen molar-refractivity contribution in [2.24, 2.45) is 11.8 Å². The molecule has 1 saturated heterocycles. The van der Waals surface area contributed by atoms with Gasteiger partial charge in [-0.3, -0.25) is 9.59 Å². The first-order valence-corrected chi connectivity index (χ1v) is 5.85. The van der Waals surface area contributed by atoms with Crippen LogP contribution >= 0.6 is 0 Å². The summed E-state index contributed by atoms with van der Waals surface area (Å²) in [6, 6.07) is 1.01. The van der Waals surface area contributed by atoms with Crippen molar-refractivity contribution in [1.82, 2.24) is 0 Å². The van der Waals surface area contributed by atoms with Gasteiger partial charge in [0.25, 0.3) is 0 Å². The molecule has 0 bridgehead atoms. The molecule has 5 nitrogen and oxygen atoms in total. The fourth-order valence-electron chi connectivity index (χ4n) is 2.05. The molecule has 2 atom stereocenters. The third-order valence-corrected chi connectivity index (χ3v) is 3.48. The SMILES string of the molecule is CC1C(=O)N(c2cc(C(=O)O)c(F)cc2F)C(=O)C1C. The predicted octanol–water partition coefficient (Wildman–Crippen LogP) is 1.81. The Labute approximate surface area is 112 Å². The van der Waals surface area contributed by atoms with Crippen molar-refractivity contribution in [3.63, 3.8) is 0 Å². The van der Waals surface area contributed by atoms with Crippen molar-refractivity contribution in [3.8, 4) is 0 Å². The van der Waals surface area contributed by atoms with Gasteiger partial charge in [0.1, 0.15) is 11.6 Å². The number of carbonyl (C=O) groups is 3. The standard InChI is InChI=1S/C13H11F2NO4/c1-5-6(2)12(18)16(11(5)17)10-3-7(13(19)20)8(14)4-9(10)15/h3-6H,1-2H3,(H,19,20). The lowest BCUT2D eigenvalue weighted by Crippen LogP contribution is -2.31. The van der Waals surface area contributed by atoms with Gasteiger partial charge in [-0.2, -0.15) is 0 Å². The fourth-order valence-corrected chi connectivity index (χ4v) is 2.05. The minimum atomic E-state index is -1.61. The molecule has 106 valence electrons. The third kappa shape index (κ3) is 1.95. The molecular formula is C13H11F2NO4. The molecule has 1 aliphatic rings. The maximum absolute atomic E-state index is 13.8. The molecule has 1 aliphatic heterocycles. The molecule has 0 saturated carbocycles. The second-order valence-corrected chi connectivity index (χ2v) is 4.68. The van der Waals surface area contributed by atoms with E-state index in [9.17, 15) is 23.2 Å². The number of carbonyl (C=O) groups excluding carboxylic acids is 2. The van der Waals surface area contributed by atoms with Crippen LogP contribution in [0.3, 0.4) is 0 Å². The number of carboxylic acid groups (broad SMARTS) is 1. The van der Waals surface area contributed by atoms with Crippen LogP contribution in [-0.2, 0) is 9.59 Å². The van der Waals surface area contributed by atoms with Crippen molar-refractivity contribution in [1.29, 1.82) is 0 Å². The summed E-state index contributed by atoms with van der Waals surface area (Å²) < 4.78 is 27.1. The molecule has 1 N–H and O–H groups in total. The average Bonchev–Trinajstić information content (AvgIpc) is 2.55. The molecule has 0 aliphatic carbocycles. The van der Waals surface area contributed by atoms with Crippen LogP contribution in [0, 0.1) is 23.5 Å². The van der Waals surface area contributed by atoms with Crippen LogP contribution in [-0.4, -0.2) is 22.9 Å². The molecule has 2 unspecified atom stereocenters. The van der Waals surface area contributed by atoms with E-state index in [1.165, 1.54) is 13.8 Å². The van der Waals surface area contributed by atoms with Crippen molar-refractivity contribution in [3.05, 3.63) is 29.3 Å². The minimum Gasteiger partial charge on any atom is -0.478 e. The molecule has 0 aromatic heterocycles. The summed E-state index contributed by atoms with van der Waals surface area (Å²) in [5.74, 6) is -6.58. The Balaban J connectivity index is 2.59. The molecule has 2 rings (SSSR count). The molecule has 7 heteroatoms. The van der Waals surface area contributed by atoms with E-state index in [2.05, 4.69) is 0 Å². The van der Waals surface area contributed by atoms with E-state index < -0.39 is 52.5 Å². The summed E-state index contributed by atoms with van der Waals surface area (Å²) in [6.07, 6.45) is 0. The monoisotopic (exact) mass is 283 g/mol. The molecule has 2 amide bonds. The average molecular weight is 283 g/mol. The Morgan fingerprint density at radius 1 is 1.10 bits per heavy atom. The van der Waals surface area contributed by atoms with Gasteiger partial charge in [0.15, 0.2) is 0 Å². The number of halogens is 2. The summed E-state index contributed by atoms with van der Waals surface area (Å²) in [6.45, 7) is 3.04. The Morgan fingerprint density at radius 2 is 1.60 bits per heavy atom. The van der Waals surface area contributed by atoms with Gasteiger partial charge in [-0.1, -0.05) is 13.8 Å². The molecule has 0 radical (unpaired) electrons. The lowest BCUT2D eigenvalue weighted by molar-refractivity contribution is -0.122. The molecular weight excluding hydrogens is 272 g/mol. The highest BCUT2D eigenvalue weighted by atomic mass is 19.1. The van der Waals surface area contributed by atoms with Crippen LogP contribution < -0.4 is 4.90 Å². The maximum Gasteiger partial charge on any atom is 0.338 e. The van der Waals surface area contributed by atoms with Crippen LogP contribution in [0.2, 0.25) is 0 Å². The number of hydrogen-bond donors (Lipinski definition) is 1. The van der Waals surface area contributed by atoms with Crippen LogP contribution in [0.4, 0.5) is 14.5 Å². The van der Waals surface area contributed by atoms with Crippen LogP contribution in [0.15, 0.2) is 12.1 Å². The van der Waals surface area contributed by atoms with E-state index in [1.54, 1.807) is 0 Å². The van der Waals surface area contributed by atoms with E-state index in [0.717, 1.165) is 0 Å². The molecule has 1 aromatic rings. The highest BCUT2D eigenvalue weighted by Crippen LogP contribution is 2.33. The van der Waals surface area contributed by atoms with E-state index in [0.29, 0.717) is 17.0 Å². The molecule has 1 fully saturated rings. The zero-order valence-corrected chi connectivity index (χ0v) is 10.7. The van der Waals surface area contributed by atoms with Gasteiger partial charge in [0, 0.05) is 17.9 Å². The van der Waals surface area contributed by atoms with Crippen molar-refractivity contribution < 1.29 is 28.3 Å². The number of nitrogens with zero attached hydrogens (tertiary/aromatic N) is 1. The predicted molar refractivity (Wildman–Crippen MR) is 64.1 cm³/mol. The number of rotatable bonds is 2. The smallest absolute Gasteiger partial charge is 0.338 e. The van der Waals surface area contributed by atoms with E-state index in [1.807, 2.05) is 0 Å². The number of aromatic carboxylic acids is 1. The van der Waals surface area contributed by atoms with Crippen LogP contribution in [0.25, 0.3) is 0 Å². The third-order valence-electron chi connectivity index (χ3n) is 3.48. The topological polar surface area (TPSA) is 74.7 Å². The van der Waals surface area contributed by atoms with Crippen molar-refractivity contribution >= 4 is 23.5 Å². The first-order chi connectivity index (χ1) is 9.25. The van der Waals surface area contributed by atoms with E-state index in [4.69, 9.17) is 5.11 Å². The summed E-state index contributed by atoms with van der Waals surface area (Å²) >= 11 is 0. The fraction of sp³-hybridized carbons (Fsp3) is 0.308. The highest BCUT2D eigenvalue weighted by Gasteiger charge is 2.44. The normalized spacial score (nSPS) is 22.5. The van der Waals surface area contributed by atoms with Gasteiger partial charge in [-0.15, -0.1) is 0 Å². The van der Waals surface area contributed by atoms with Crippen LogP contribution in [0.1, 0.15) is 24.2 Å². The highest BCUT2D eigenvalue weighted by molar-refractivity contribution is 6.22. The van der Waals surface area contributed by atoms with Gasteiger partial charge in [0.2, 0.25) is 11.8 Å². The Hall–Kier alpha value is -2.31. The Bertz CT molecular complexity index is 609. The zero-order valence-electron chi connectivity index (χ0n) is 10.7. The summed E-state index contributed by atoms with van der Waals surface area (Å²) in [4.78, 5) is 35.3. The Kier molecular flexibility index (Phi) is 3.29.